The lowest BCUT2D eigenvalue weighted by molar-refractivity contribution is -0.947. The lowest BCUT2D eigenvalue weighted by atomic mass is 10.1. The van der Waals surface area contributed by atoms with Gasteiger partial charge in [0.15, 0.2) is 0 Å². The summed E-state index contributed by atoms with van der Waals surface area (Å²) in [5.41, 5.74) is 0. The van der Waals surface area contributed by atoms with Gasteiger partial charge in [-0.3, -0.25) is 0 Å². The van der Waals surface area contributed by atoms with E-state index in [2.05, 4.69) is 48.6 Å². The molecular formula is C17H39NO3S. The third-order valence-corrected chi connectivity index (χ3v) is 5.58. The van der Waals surface area contributed by atoms with Crippen molar-refractivity contribution in [1.82, 2.24) is 0 Å². The van der Waals surface area contributed by atoms with Gasteiger partial charge in [0.25, 0.3) is 0 Å². The molecule has 0 bridgehead atoms. The number of unbranched alkanes of at least 4 members (excludes halogenated alkanes) is 5. The van der Waals surface area contributed by atoms with Crippen LogP contribution in [0.3, 0.4) is 0 Å². The van der Waals surface area contributed by atoms with Gasteiger partial charge >= 0.3 is 0 Å². The van der Waals surface area contributed by atoms with Crippen molar-refractivity contribution < 1.29 is 17.5 Å². The van der Waals surface area contributed by atoms with Gasteiger partial charge in [-0.1, -0.05) is 39.0 Å². The van der Waals surface area contributed by atoms with E-state index in [9.17, 15) is 13.0 Å². The van der Waals surface area contributed by atoms with Gasteiger partial charge in [-0.15, -0.1) is 0 Å². The normalized spacial score (nSPS) is 12.5. The number of hydrogen-bond donors (Lipinski definition) is 0. The van der Waals surface area contributed by atoms with Gasteiger partial charge in [0.05, 0.1) is 35.8 Å². The molecule has 0 fully saturated rings. The molecule has 0 aromatic rings. The minimum atomic E-state index is -3.97. The van der Waals surface area contributed by atoms with Crippen molar-refractivity contribution in [3.05, 3.63) is 0 Å². The monoisotopic (exact) mass is 337 g/mol. The fourth-order valence-corrected chi connectivity index (χ4v) is 2.94. The van der Waals surface area contributed by atoms with Crippen molar-refractivity contribution in [3.8, 4) is 0 Å². The van der Waals surface area contributed by atoms with Gasteiger partial charge in [0.2, 0.25) is 0 Å². The lowest BCUT2D eigenvalue weighted by Crippen LogP contribution is -2.54. The maximum Gasteiger partial charge on any atom is 0.0945 e. The minimum absolute atomic E-state index is 0.195. The molecule has 0 heterocycles. The highest BCUT2D eigenvalue weighted by molar-refractivity contribution is 7.85. The van der Waals surface area contributed by atoms with Crippen molar-refractivity contribution >= 4 is 10.1 Å². The molecular weight excluding hydrogens is 298 g/mol. The summed E-state index contributed by atoms with van der Waals surface area (Å²) < 4.78 is 31.7. The largest absolute Gasteiger partial charge is 0.748 e. The van der Waals surface area contributed by atoms with E-state index in [4.69, 9.17) is 0 Å². The van der Waals surface area contributed by atoms with Crippen LogP contribution in [0.1, 0.15) is 80.1 Å². The highest BCUT2D eigenvalue weighted by Crippen LogP contribution is 2.14. The molecule has 0 spiro atoms. The number of quaternary nitrogens is 1. The molecule has 4 nitrogen and oxygen atoms in total. The molecule has 0 atom stereocenters. The number of nitrogens with zero attached hydrogens (tertiary/aromatic N) is 1. The first-order valence-corrected chi connectivity index (χ1v) is 10.4. The Bertz CT molecular complexity index is 343. The van der Waals surface area contributed by atoms with E-state index >= 15 is 0 Å². The number of rotatable bonds is 10. The van der Waals surface area contributed by atoms with Crippen LogP contribution in [-0.2, 0) is 10.1 Å². The van der Waals surface area contributed by atoms with Crippen molar-refractivity contribution in [2.75, 3.05) is 19.3 Å². The van der Waals surface area contributed by atoms with E-state index in [0.29, 0.717) is 6.42 Å². The molecule has 0 amide bonds. The molecule has 0 saturated carbocycles. The molecule has 0 aromatic heterocycles. The lowest BCUT2D eigenvalue weighted by Gasteiger charge is -2.41. The Morgan fingerprint density at radius 3 is 1.55 bits per heavy atom. The Labute approximate surface area is 139 Å². The zero-order valence-corrected chi connectivity index (χ0v) is 16.7. The molecule has 0 aliphatic rings. The minimum Gasteiger partial charge on any atom is -0.748 e. The first kappa shape index (κ1) is 24.1. The Morgan fingerprint density at radius 1 is 0.864 bits per heavy atom. The van der Waals surface area contributed by atoms with Crippen LogP contribution in [0.5, 0.6) is 0 Å². The van der Waals surface area contributed by atoms with Crippen molar-refractivity contribution in [2.45, 2.75) is 92.2 Å². The summed E-state index contributed by atoms with van der Waals surface area (Å²) in [6, 6.07) is 1.48. The summed E-state index contributed by atoms with van der Waals surface area (Å²) in [4.78, 5) is 0. The second kappa shape index (κ2) is 12.3. The van der Waals surface area contributed by atoms with Gasteiger partial charge in [0, 0.05) is 5.75 Å². The maximum atomic E-state index is 10.2. The molecule has 0 aliphatic carbocycles. The van der Waals surface area contributed by atoms with Gasteiger partial charge in [-0.2, -0.15) is 0 Å². The van der Waals surface area contributed by atoms with Gasteiger partial charge in [0.1, 0.15) is 0 Å². The van der Waals surface area contributed by atoms with E-state index in [1.807, 2.05) is 0 Å². The summed E-state index contributed by atoms with van der Waals surface area (Å²) in [5.74, 6) is -0.195. The average Bonchev–Trinajstić information content (AvgIpc) is 2.40. The highest BCUT2D eigenvalue weighted by Gasteiger charge is 2.26. The van der Waals surface area contributed by atoms with E-state index in [0.717, 1.165) is 31.3 Å². The summed E-state index contributed by atoms with van der Waals surface area (Å²) in [5, 5.41) is 0. The van der Waals surface area contributed by atoms with Crippen LogP contribution in [0.2, 0.25) is 0 Å². The molecule has 0 rings (SSSR count). The molecule has 22 heavy (non-hydrogen) atoms. The summed E-state index contributed by atoms with van der Waals surface area (Å²) in [7, 11) is -1.64. The first-order valence-electron chi connectivity index (χ1n) is 8.79. The fraction of sp³-hybridized carbons (Fsp3) is 1.00. The van der Waals surface area contributed by atoms with Crippen LogP contribution < -0.4 is 0 Å². The predicted octanol–water partition coefficient (Wildman–Crippen LogP) is 4.16. The van der Waals surface area contributed by atoms with Crippen molar-refractivity contribution in [2.24, 2.45) is 0 Å². The molecule has 0 aromatic carbocycles. The van der Waals surface area contributed by atoms with Gasteiger partial charge in [-0.25, -0.2) is 8.42 Å². The summed E-state index contributed by atoms with van der Waals surface area (Å²) in [6.45, 7) is 14.8. The molecule has 136 valence electrons. The number of hydrogen-bond acceptors (Lipinski definition) is 3. The Morgan fingerprint density at radius 2 is 1.27 bits per heavy atom. The SMILES string of the molecule is CCCCCCCCS(=O)(=O)[O-].CC[N+](C)(C(C)C)C(C)C. The van der Waals surface area contributed by atoms with Crippen LogP contribution in [0.25, 0.3) is 0 Å². The van der Waals surface area contributed by atoms with Crippen LogP contribution in [0.4, 0.5) is 0 Å². The van der Waals surface area contributed by atoms with Gasteiger partial charge in [-0.05, 0) is 41.0 Å². The van der Waals surface area contributed by atoms with Gasteiger partial charge < -0.3 is 9.04 Å². The molecule has 5 heteroatoms. The smallest absolute Gasteiger partial charge is 0.0945 e. The molecule has 0 radical (unpaired) electrons. The summed E-state index contributed by atoms with van der Waals surface area (Å²) >= 11 is 0. The van der Waals surface area contributed by atoms with Crippen molar-refractivity contribution in [1.29, 1.82) is 0 Å². The molecule has 0 aliphatic heterocycles. The first-order chi connectivity index (χ1) is 10.0. The standard InChI is InChI=1S/C9H22N.C8H18O3S/c1-7-10(6,8(2)3)9(4)5;1-2-3-4-5-6-7-8-12(9,10)11/h8-9H,7H2,1-6H3;2-8H2,1H3,(H,9,10,11)/q+1;/p-1. The van der Waals surface area contributed by atoms with Crippen molar-refractivity contribution in [3.63, 3.8) is 0 Å². The molecule has 0 N–H and O–H groups in total. The maximum absolute atomic E-state index is 10.2. The zero-order chi connectivity index (χ0) is 17.8. The zero-order valence-electron chi connectivity index (χ0n) is 15.9. The van der Waals surface area contributed by atoms with Crippen LogP contribution in [0.15, 0.2) is 0 Å². The Balaban J connectivity index is 0. The van der Waals surface area contributed by atoms with E-state index in [-0.39, 0.29) is 5.75 Å². The second-order valence-electron chi connectivity index (χ2n) is 6.88. The molecule has 0 saturated heterocycles. The fourth-order valence-electron chi connectivity index (χ4n) is 2.39. The molecule has 0 unspecified atom stereocenters. The quantitative estimate of drug-likeness (QED) is 0.342. The third-order valence-electron chi connectivity index (χ3n) is 4.79. The van der Waals surface area contributed by atoms with Crippen LogP contribution >= 0.6 is 0 Å². The Hall–Kier alpha value is -0.130. The van der Waals surface area contributed by atoms with E-state index < -0.39 is 10.1 Å². The third kappa shape index (κ3) is 12.4. The van der Waals surface area contributed by atoms with E-state index in [1.54, 1.807) is 0 Å². The predicted molar refractivity (Wildman–Crippen MR) is 94.9 cm³/mol. The van der Waals surface area contributed by atoms with E-state index in [1.165, 1.54) is 23.9 Å². The highest BCUT2D eigenvalue weighted by atomic mass is 32.2. The van der Waals surface area contributed by atoms with Crippen LogP contribution in [-0.4, -0.2) is 48.9 Å². The topological polar surface area (TPSA) is 57.2 Å². The second-order valence-corrected chi connectivity index (χ2v) is 8.40. The average molecular weight is 338 g/mol. The summed E-state index contributed by atoms with van der Waals surface area (Å²) in [6.07, 6.45) is 5.96. The Kier molecular flexibility index (Phi) is 13.5. The van der Waals surface area contributed by atoms with Crippen LogP contribution in [0, 0.1) is 0 Å².